The van der Waals surface area contributed by atoms with Crippen LogP contribution < -0.4 is 0 Å². The Morgan fingerprint density at radius 3 is 1.70 bits per heavy atom. The summed E-state index contributed by atoms with van der Waals surface area (Å²) in [6, 6.07) is 6.88. The van der Waals surface area contributed by atoms with Gasteiger partial charge < -0.3 is 9.47 Å². The molecule has 0 atom stereocenters. The topological polar surface area (TPSA) is 69.7 Å². The van der Waals surface area contributed by atoms with Gasteiger partial charge in [-0.3, -0.25) is 14.4 Å². The van der Waals surface area contributed by atoms with E-state index in [0.717, 1.165) is 5.56 Å². The average Bonchev–Trinajstić information content (AvgIpc) is 2.47. The molecular weight excluding hydrogens is 296 g/mol. The zero-order valence-corrected chi connectivity index (χ0v) is 14.3. The molecule has 0 aromatic heterocycles. The number of carbonyl (C=O) groups is 3. The van der Waals surface area contributed by atoms with E-state index in [2.05, 4.69) is 20.8 Å². The molecule has 5 nitrogen and oxygen atoms in total. The van der Waals surface area contributed by atoms with Gasteiger partial charge in [-0.1, -0.05) is 45.0 Å². The van der Waals surface area contributed by atoms with Crippen molar-refractivity contribution in [3.8, 4) is 0 Å². The van der Waals surface area contributed by atoms with Crippen molar-refractivity contribution in [2.24, 2.45) is 5.92 Å². The number of ketones is 1. The van der Waals surface area contributed by atoms with Crippen molar-refractivity contribution in [1.29, 1.82) is 0 Å². The van der Waals surface area contributed by atoms with Gasteiger partial charge in [0.25, 0.3) is 0 Å². The van der Waals surface area contributed by atoms with Gasteiger partial charge in [0.15, 0.2) is 5.78 Å². The summed E-state index contributed by atoms with van der Waals surface area (Å²) in [5.74, 6) is -3.94. The third kappa shape index (κ3) is 4.91. The maximum atomic E-state index is 12.5. The Kier molecular flexibility index (Phi) is 6.49. The molecule has 0 heterocycles. The smallest absolute Gasteiger partial charge is 0.328 e. The minimum atomic E-state index is -1.57. The van der Waals surface area contributed by atoms with Crippen molar-refractivity contribution in [1.82, 2.24) is 0 Å². The highest BCUT2D eigenvalue weighted by Gasteiger charge is 2.37. The fourth-order valence-corrected chi connectivity index (χ4v) is 2.06. The molecule has 1 rings (SSSR count). The first-order valence-electron chi connectivity index (χ1n) is 7.70. The minimum absolute atomic E-state index is 0.0523. The monoisotopic (exact) mass is 320 g/mol. The van der Waals surface area contributed by atoms with Crippen LogP contribution in [0.1, 0.15) is 50.5 Å². The van der Waals surface area contributed by atoms with Crippen molar-refractivity contribution in [2.75, 3.05) is 13.2 Å². The summed E-state index contributed by atoms with van der Waals surface area (Å²) in [5.41, 5.74) is 1.28. The van der Waals surface area contributed by atoms with E-state index in [1.54, 1.807) is 26.0 Å². The van der Waals surface area contributed by atoms with Gasteiger partial charge >= 0.3 is 11.9 Å². The number of hydrogen-bond donors (Lipinski definition) is 0. The van der Waals surface area contributed by atoms with E-state index in [4.69, 9.17) is 9.47 Å². The molecule has 0 aliphatic heterocycles. The molecule has 0 aliphatic rings. The molecule has 0 saturated carbocycles. The van der Waals surface area contributed by atoms with Crippen molar-refractivity contribution >= 4 is 17.7 Å². The molecule has 126 valence electrons. The SMILES string of the molecule is CCOC(=O)C(C(=O)OCC)C(=O)c1ccc(C(C)(C)C)cc1. The van der Waals surface area contributed by atoms with Crippen LogP contribution in [-0.2, 0) is 24.5 Å². The minimum Gasteiger partial charge on any atom is -0.465 e. The molecule has 0 spiro atoms. The molecule has 0 radical (unpaired) electrons. The summed E-state index contributed by atoms with van der Waals surface area (Å²) in [6.45, 7) is 9.58. The Bertz CT molecular complexity index is 548. The predicted molar refractivity (Wildman–Crippen MR) is 86.2 cm³/mol. The van der Waals surface area contributed by atoms with Crippen LogP contribution in [0.25, 0.3) is 0 Å². The quantitative estimate of drug-likeness (QED) is 0.458. The molecule has 0 amide bonds. The molecule has 5 heteroatoms. The number of esters is 2. The summed E-state index contributed by atoms with van der Waals surface area (Å²) in [7, 11) is 0. The number of benzene rings is 1. The van der Waals surface area contributed by atoms with Crippen LogP contribution in [0.3, 0.4) is 0 Å². The highest BCUT2D eigenvalue weighted by atomic mass is 16.6. The fourth-order valence-electron chi connectivity index (χ4n) is 2.06. The van der Waals surface area contributed by atoms with Crippen molar-refractivity contribution in [3.63, 3.8) is 0 Å². The zero-order valence-electron chi connectivity index (χ0n) is 14.3. The Labute approximate surface area is 137 Å². The van der Waals surface area contributed by atoms with E-state index in [9.17, 15) is 14.4 Å². The normalized spacial score (nSPS) is 11.2. The first kappa shape index (κ1) is 18.9. The lowest BCUT2D eigenvalue weighted by atomic mass is 9.86. The third-order valence-electron chi connectivity index (χ3n) is 3.34. The second-order valence-electron chi connectivity index (χ2n) is 6.13. The van der Waals surface area contributed by atoms with E-state index in [1.165, 1.54) is 0 Å². The van der Waals surface area contributed by atoms with Gasteiger partial charge in [0.1, 0.15) is 0 Å². The van der Waals surface area contributed by atoms with Crippen molar-refractivity contribution in [3.05, 3.63) is 35.4 Å². The van der Waals surface area contributed by atoms with E-state index in [0.29, 0.717) is 0 Å². The Morgan fingerprint density at radius 2 is 1.35 bits per heavy atom. The zero-order chi connectivity index (χ0) is 17.6. The Morgan fingerprint density at radius 1 is 0.913 bits per heavy atom. The van der Waals surface area contributed by atoms with Crippen LogP contribution in [-0.4, -0.2) is 30.9 Å². The predicted octanol–water partition coefficient (Wildman–Crippen LogP) is 2.91. The molecule has 1 aromatic rings. The van der Waals surface area contributed by atoms with Crippen LogP contribution in [0.2, 0.25) is 0 Å². The summed E-state index contributed by atoms with van der Waals surface area (Å²) < 4.78 is 9.66. The van der Waals surface area contributed by atoms with E-state index >= 15 is 0 Å². The number of hydrogen-bond acceptors (Lipinski definition) is 5. The lowest BCUT2D eigenvalue weighted by molar-refractivity contribution is -0.158. The molecule has 0 aliphatic carbocycles. The van der Waals surface area contributed by atoms with Gasteiger partial charge in [0.05, 0.1) is 13.2 Å². The second-order valence-corrected chi connectivity index (χ2v) is 6.13. The number of carbonyl (C=O) groups excluding carboxylic acids is 3. The van der Waals surface area contributed by atoms with E-state index in [1.807, 2.05) is 12.1 Å². The highest BCUT2D eigenvalue weighted by molar-refractivity contribution is 6.20. The Balaban J connectivity index is 3.09. The fraction of sp³-hybridized carbons (Fsp3) is 0.500. The van der Waals surface area contributed by atoms with E-state index < -0.39 is 23.6 Å². The van der Waals surface area contributed by atoms with Crippen LogP contribution >= 0.6 is 0 Å². The molecule has 0 N–H and O–H groups in total. The maximum Gasteiger partial charge on any atom is 0.328 e. The first-order valence-corrected chi connectivity index (χ1v) is 7.70. The van der Waals surface area contributed by atoms with Gasteiger partial charge in [0, 0.05) is 5.56 Å². The van der Waals surface area contributed by atoms with Gasteiger partial charge in [-0.05, 0) is 24.8 Å². The summed E-state index contributed by atoms with van der Waals surface area (Å²) in [4.78, 5) is 36.4. The van der Waals surface area contributed by atoms with Crippen LogP contribution in [0, 0.1) is 5.92 Å². The van der Waals surface area contributed by atoms with Crippen LogP contribution in [0.15, 0.2) is 24.3 Å². The second kappa shape index (κ2) is 7.90. The van der Waals surface area contributed by atoms with E-state index in [-0.39, 0.29) is 24.2 Å². The van der Waals surface area contributed by atoms with Crippen LogP contribution in [0.4, 0.5) is 0 Å². The van der Waals surface area contributed by atoms with Crippen molar-refractivity contribution < 1.29 is 23.9 Å². The molecule has 0 saturated heterocycles. The van der Waals surface area contributed by atoms with Gasteiger partial charge in [0.2, 0.25) is 5.92 Å². The maximum absolute atomic E-state index is 12.5. The largest absolute Gasteiger partial charge is 0.465 e. The molecule has 1 aromatic carbocycles. The number of rotatable bonds is 6. The number of ether oxygens (including phenoxy) is 2. The first-order chi connectivity index (χ1) is 10.7. The lowest BCUT2D eigenvalue weighted by Gasteiger charge is -2.19. The number of Topliss-reactive ketones (excluding diaryl/α,β-unsaturated/α-hetero) is 1. The summed E-state index contributed by atoms with van der Waals surface area (Å²) in [5, 5.41) is 0. The third-order valence-corrected chi connectivity index (χ3v) is 3.34. The van der Waals surface area contributed by atoms with Gasteiger partial charge in [-0.25, -0.2) is 0 Å². The standard InChI is InChI=1S/C18H24O5/c1-6-22-16(20)14(17(21)23-7-2)15(19)12-8-10-13(11-9-12)18(3,4)5/h8-11,14H,6-7H2,1-5H3. The Hall–Kier alpha value is -2.17. The molecular formula is C18H24O5. The van der Waals surface area contributed by atoms with Gasteiger partial charge in [-0.15, -0.1) is 0 Å². The van der Waals surface area contributed by atoms with Gasteiger partial charge in [-0.2, -0.15) is 0 Å². The summed E-state index contributed by atoms with van der Waals surface area (Å²) in [6.07, 6.45) is 0. The molecule has 23 heavy (non-hydrogen) atoms. The van der Waals surface area contributed by atoms with Crippen molar-refractivity contribution in [2.45, 2.75) is 40.0 Å². The van der Waals surface area contributed by atoms with Crippen LogP contribution in [0.5, 0.6) is 0 Å². The molecule has 0 bridgehead atoms. The molecule has 0 fully saturated rings. The lowest BCUT2D eigenvalue weighted by Crippen LogP contribution is -2.35. The summed E-state index contributed by atoms with van der Waals surface area (Å²) >= 11 is 0. The highest BCUT2D eigenvalue weighted by Crippen LogP contribution is 2.23. The molecule has 0 unspecified atom stereocenters. The average molecular weight is 320 g/mol.